The molecule has 0 bridgehead atoms. The molecule has 1 rings (SSSR count). The lowest BCUT2D eigenvalue weighted by atomic mass is 9.83. The monoisotopic (exact) mass is 228 g/mol. The first-order chi connectivity index (χ1) is 7.42. The molecule has 0 aromatic rings. The van der Waals surface area contributed by atoms with Gasteiger partial charge in [-0.1, -0.05) is 19.3 Å². The number of amides is 1. The van der Waals surface area contributed by atoms with E-state index < -0.39 is 11.4 Å². The lowest BCUT2D eigenvalue weighted by Gasteiger charge is -2.27. The van der Waals surface area contributed by atoms with Crippen LogP contribution in [0, 0.1) is 5.92 Å². The third-order valence-corrected chi connectivity index (χ3v) is 3.43. The molecule has 0 saturated heterocycles. The molecule has 4 N–H and O–H groups in total. The quantitative estimate of drug-likeness (QED) is 0.686. The van der Waals surface area contributed by atoms with Gasteiger partial charge in [0.1, 0.15) is 0 Å². The van der Waals surface area contributed by atoms with Gasteiger partial charge in [0.2, 0.25) is 5.91 Å². The zero-order chi connectivity index (χ0) is 12.2. The summed E-state index contributed by atoms with van der Waals surface area (Å²) in [6, 6.07) is 0. The molecular weight excluding hydrogens is 204 g/mol. The summed E-state index contributed by atoms with van der Waals surface area (Å²) in [7, 11) is 0. The van der Waals surface area contributed by atoms with Gasteiger partial charge in [-0.05, 0) is 32.6 Å². The Morgan fingerprint density at radius 1 is 1.56 bits per heavy atom. The predicted octanol–water partition coefficient (Wildman–Crippen LogP) is 1.17. The third-order valence-electron chi connectivity index (χ3n) is 3.43. The SMILES string of the molecule is CC(CC(C)(N)C(N)=O)OCCC1CCC1. The lowest BCUT2D eigenvalue weighted by Crippen LogP contribution is -2.51. The van der Waals surface area contributed by atoms with Crippen LogP contribution in [0.25, 0.3) is 0 Å². The zero-order valence-electron chi connectivity index (χ0n) is 10.4. The second-order valence-corrected chi connectivity index (χ2v) is 5.25. The van der Waals surface area contributed by atoms with E-state index in [9.17, 15) is 4.79 Å². The average molecular weight is 228 g/mol. The van der Waals surface area contributed by atoms with Crippen molar-refractivity contribution in [2.45, 2.75) is 57.6 Å². The maximum atomic E-state index is 11.0. The van der Waals surface area contributed by atoms with Crippen LogP contribution in [0.5, 0.6) is 0 Å². The molecule has 1 amide bonds. The third kappa shape index (κ3) is 4.10. The Morgan fingerprint density at radius 2 is 2.19 bits per heavy atom. The molecule has 1 aliphatic rings. The predicted molar refractivity (Wildman–Crippen MR) is 63.8 cm³/mol. The van der Waals surface area contributed by atoms with Crippen LogP contribution < -0.4 is 11.5 Å². The van der Waals surface area contributed by atoms with Gasteiger partial charge in [0.25, 0.3) is 0 Å². The van der Waals surface area contributed by atoms with E-state index in [0.717, 1.165) is 18.9 Å². The summed E-state index contributed by atoms with van der Waals surface area (Å²) in [5.74, 6) is 0.384. The number of nitrogens with two attached hydrogens (primary N) is 2. The molecule has 0 aliphatic heterocycles. The Labute approximate surface area is 97.7 Å². The summed E-state index contributed by atoms with van der Waals surface area (Å²) in [5.41, 5.74) is 10.0. The lowest BCUT2D eigenvalue weighted by molar-refractivity contribution is -0.124. The fourth-order valence-electron chi connectivity index (χ4n) is 1.97. The molecule has 1 fully saturated rings. The van der Waals surface area contributed by atoms with E-state index in [2.05, 4.69) is 0 Å². The summed E-state index contributed by atoms with van der Waals surface area (Å²) in [6.07, 6.45) is 5.64. The molecule has 4 heteroatoms. The van der Waals surface area contributed by atoms with Crippen molar-refractivity contribution < 1.29 is 9.53 Å². The van der Waals surface area contributed by atoms with Crippen LogP contribution in [0.3, 0.4) is 0 Å². The van der Waals surface area contributed by atoms with E-state index in [-0.39, 0.29) is 6.10 Å². The fraction of sp³-hybridized carbons (Fsp3) is 0.917. The number of hydrogen-bond donors (Lipinski definition) is 2. The summed E-state index contributed by atoms with van der Waals surface area (Å²) in [5, 5.41) is 0. The first kappa shape index (κ1) is 13.5. The molecule has 0 radical (unpaired) electrons. The molecule has 4 nitrogen and oxygen atoms in total. The van der Waals surface area contributed by atoms with Crippen molar-refractivity contribution in [3.8, 4) is 0 Å². The van der Waals surface area contributed by atoms with E-state index in [0.29, 0.717) is 6.42 Å². The Bertz CT molecular complexity index is 237. The highest BCUT2D eigenvalue weighted by Gasteiger charge is 2.28. The Morgan fingerprint density at radius 3 is 2.62 bits per heavy atom. The van der Waals surface area contributed by atoms with Crippen LogP contribution in [0.4, 0.5) is 0 Å². The van der Waals surface area contributed by atoms with Gasteiger partial charge < -0.3 is 16.2 Å². The summed E-state index contributed by atoms with van der Waals surface area (Å²) >= 11 is 0. The van der Waals surface area contributed by atoms with Gasteiger partial charge in [-0.15, -0.1) is 0 Å². The molecule has 1 saturated carbocycles. The molecular formula is C12H24N2O2. The highest BCUT2D eigenvalue weighted by Crippen LogP contribution is 2.29. The van der Waals surface area contributed by atoms with Gasteiger partial charge in [0.15, 0.2) is 0 Å². The van der Waals surface area contributed by atoms with Crippen LogP contribution in [0.2, 0.25) is 0 Å². The van der Waals surface area contributed by atoms with E-state index in [1.807, 2.05) is 6.92 Å². The summed E-state index contributed by atoms with van der Waals surface area (Å²) in [6.45, 7) is 4.36. The summed E-state index contributed by atoms with van der Waals surface area (Å²) in [4.78, 5) is 11.0. The average Bonchev–Trinajstić information content (AvgIpc) is 2.08. The zero-order valence-corrected chi connectivity index (χ0v) is 10.4. The van der Waals surface area contributed by atoms with Crippen LogP contribution in [0.1, 0.15) is 46.0 Å². The normalized spacial score (nSPS) is 22.2. The minimum absolute atomic E-state index is 0.0115. The van der Waals surface area contributed by atoms with Crippen LogP contribution in [0.15, 0.2) is 0 Å². The molecule has 0 spiro atoms. The highest BCUT2D eigenvalue weighted by molar-refractivity contribution is 5.83. The van der Waals surface area contributed by atoms with Crippen molar-refractivity contribution in [2.24, 2.45) is 17.4 Å². The molecule has 0 heterocycles. The largest absolute Gasteiger partial charge is 0.378 e. The topological polar surface area (TPSA) is 78.3 Å². The molecule has 2 atom stereocenters. The number of carbonyl (C=O) groups is 1. The second kappa shape index (κ2) is 5.64. The van der Waals surface area contributed by atoms with E-state index in [1.54, 1.807) is 6.92 Å². The summed E-state index contributed by atoms with van der Waals surface area (Å²) < 4.78 is 5.65. The van der Waals surface area contributed by atoms with Gasteiger partial charge in [0, 0.05) is 6.61 Å². The van der Waals surface area contributed by atoms with Crippen molar-refractivity contribution >= 4 is 5.91 Å². The van der Waals surface area contributed by atoms with Crippen molar-refractivity contribution in [3.05, 3.63) is 0 Å². The molecule has 94 valence electrons. The van der Waals surface area contributed by atoms with Gasteiger partial charge in [-0.3, -0.25) is 4.79 Å². The van der Waals surface area contributed by atoms with Crippen LogP contribution >= 0.6 is 0 Å². The minimum atomic E-state index is -0.962. The van der Waals surface area contributed by atoms with Crippen molar-refractivity contribution in [1.29, 1.82) is 0 Å². The van der Waals surface area contributed by atoms with E-state index in [4.69, 9.17) is 16.2 Å². The first-order valence-corrected chi connectivity index (χ1v) is 6.12. The molecule has 2 unspecified atom stereocenters. The number of carbonyl (C=O) groups excluding carboxylic acids is 1. The number of ether oxygens (including phenoxy) is 1. The standard InChI is InChI=1S/C12H24N2O2/c1-9(8-12(2,14)11(13)15)16-7-6-10-4-3-5-10/h9-10H,3-8,14H2,1-2H3,(H2,13,15). The Hall–Kier alpha value is -0.610. The number of primary amides is 1. The van der Waals surface area contributed by atoms with Crippen molar-refractivity contribution in [1.82, 2.24) is 0 Å². The maximum absolute atomic E-state index is 11.0. The van der Waals surface area contributed by atoms with Crippen molar-refractivity contribution in [2.75, 3.05) is 6.61 Å². The molecule has 0 aromatic carbocycles. The van der Waals surface area contributed by atoms with Crippen LogP contribution in [-0.4, -0.2) is 24.2 Å². The van der Waals surface area contributed by atoms with E-state index in [1.165, 1.54) is 19.3 Å². The Balaban J connectivity index is 2.14. The maximum Gasteiger partial charge on any atom is 0.237 e. The minimum Gasteiger partial charge on any atom is -0.378 e. The van der Waals surface area contributed by atoms with E-state index >= 15 is 0 Å². The second-order valence-electron chi connectivity index (χ2n) is 5.25. The molecule has 16 heavy (non-hydrogen) atoms. The van der Waals surface area contributed by atoms with Crippen LogP contribution in [-0.2, 0) is 9.53 Å². The number of hydrogen-bond acceptors (Lipinski definition) is 3. The van der Waals surface area contributed by atoms with Gasteiger partial charge >= 0.3 is 0 Å². The molecule has 0 aromatic heterocycles. The first-order valence-electron chi connectivity index (χ1n) is 6.12. The van der Waals surface area contributed by atoms with Gasteiger partial charge in [-0.2, -0.15) is 0 Å². The molecule has 1 aliphatic carbocycles. The van der Waals surface area contributed by atoms with Gasteiger partial charge in [-0.25, -0.2) is 0 Å². The highest BCUT2D eigenvalue weighted by atomic mass is 16.5. The fourth-order valence-corrected chi connectivity index (χ4v) is 1.97. The smallest absolute Gasteiger partial charge is 0.237 e. The van der Waals surface area contributed by atoms with Crippen molar-refractivity contribution in [3.63, 3.8) is 0 Å². The Kier molecular flexibility index (Phi) is 4.74. The van der Waals surface area contributed by atoms with Gasteiger partial charge in [0.05, 0.1) is 11.6 Å². The number of rotatable bonds is 7.